The Kier molecular flexibility index (Phi) is 5.83. The zero-order chi connectivity index (χ0) is 25.8. The highest BCUT2D eigenvalue weighted by molar-refractivity contribution is 5.93. The van der Waals surface area contributed by atoms with Gasteiger partial charge in [0.05, 0.1) is 11.0 Å². The zero-order valence-electron chi connectivity index (χ0n) is 20.8. The minimum Gasteiger partial charge on any atom is -0.364 e. The first-order chi connectivity index (χ1) is 17.0. The van der Waals surface area contributed by atoms with Crippen LogP contribution in [0.5, 0.6) is 0 Å². The minimum absolute atomic E-state index is 0.0808. The second-order valence-corrected chi connectivity index (χ2v) is 9.85. The van der Waals surface area contributed by atoms with Crippen LogP contribution >= 0.6 is 0 Å². The molecule has 0 amide bonds. The second-order valence-electron chi connectivity index (χ2n) is 9.85. The molecule has 5 rings (SSSR count). The number of halogens is 2. The number of pyridine rings is 2. The lowest BCUT2D eigenvalue weighted by molar-refractivity contribution is -0.0857. The van der Waals surface area contributed by atoms with Crippen LogP contribution in [0.2, 0.25) is 0 Å². The largest absolute Gasteiger partial charge is 0.364 e. The van der Waals surface area contributed by atoms with Crippen molar-refractivity contribution in [3.63, 3.8) is 0 Å². The molecular weight excluding hydrogens is 464 g/mol. The number of hydrogen-bond donors (Lipinski definition) is 0. The SMILES string of the molecule is Cc1cc(C2CN(c3cc4c(=O)n(C)c(C)nc4c(-c4ccc(F)cc4F)n3)CC(C)(C)O2)ccn1. The van der Waals surface area contributed by atoms with Gasteiger partial charge in [0.1, 0.15) is 40.6 Å². The van der Waals surface area contributed by atoms with Crippen LogP contribution in [0.25, 0.3) is 22.2 Å². The molecule has 0 aliphatic carbocycles. The monoisotopic (exact) mass is 491 g/mol. The summed E-state index contributed by atoms with van der Waals surface area (Å²) in [6.07, 6.45) is 1.49. The highest BCUT2D eigenvalue weighted by Gasteiger charge is 2.35. The van der Waals surface area contributed by atoms with Gasteiger partial charge in [0, 0.05) is 43.7 Å². The Bertz CT molecular complexity index is 1550. The summed E-state index contributed by atoms with van der Waals surface area (Å²) >= 11 is 0. The van der Waals surface area contributed by atoms with E-state index in [1.54, 1.807) is 26.2 Å². The van der Waals surface area contributed by atoms with Crippen LogP contribution in [0.1, 0.15) is 37.0 Å². The number of aromatic nitrogens is 4. The Balaban J connectivity index is 1.70. The highest BCUT2D eigenvalue weighted by Crippen LogP contribution is 2.36. The number of ether oxygens (including phenoxy) is 1. The van der Waals surface area contributed by atoms with Crippen molar-refractivity contribution in [3.05, 3.63) is 81.7 Å². The average Bonchev–Trinajstić information content (AvgIpc) is 2.81. The fourth-order valence-corrected chi connectivity index (χ4v) is 4.70. The zero-order valence-corrected chi connectivity index (χ0v) is 20.8. The van der Waals surface area contributed by atoms with E-state index in [4.69, 9.17) is 9.72 Å². The van der Waals surface area contributed by atoms with Gasteiger partial charge in [0.15, 0.2) is 0 Å². The van der Waals surface area contributed by atoms with Crippen LogP contribution in [0, 0.1) is 25.5 Å². The molecule has 3 aromatic heterocycles. The molecule has 0 N–H and O–H groups in total. The van der Waals surface area contributed by atoms with Gasteiger partial charge in [-0.25, -0.2) is 18.7 Å². The molecule has 0 bridgehead atoms. The first kappa shape index (κ1) is 24.0. The van der Waals surface area contributed by atoms with Crippen LogP contribution in [0.4, 0.5) is 14.6 Å². The molecule has 1 saturated heterocycles. The average molecular weight is 492 g/mol. The molecule has 1 aromatic carbocycles. The summed E-state index contributed by atoms with van der Waals surface area (Å²) in [5, 5.41) is 0.312. The van der Waals surface area contributed by atoms with Crippen molar-refractivity contribution in [3.8, 4) is 11.3 Å². The first-order valence-corrected chi connectivity index (χ1v) is 11.7. The van der Waals surface area contributed by atoms with Crippen LogP contribution < -0.4 is 10.5 Å². The number of rotatable bonds is 3. The maximum atomic E-state index is 14.9. The number of morpholine rings is 1. The maximum absolute atomic E-state index is 14.9. The third-order valence-electron chi connectivity index (χ3n) is 6.50. The van der Waals surface area contributed by atoms with Crippen LogP contribution in [0.15, 0.2) is 47.4 Å². The Hall–Kier alpha value is -3.72. The first-order valence-electron chi connectivity index (χ1n) is 11.7. The van der Waals surface area contributed by atoms with Crippen molar-refractivity contribution in [2.24, 2.45) is 7.05 Å². The minimum atomic E-state index is -0.770. The predicted molar refractivity (Wildman–Crippen MR) is 134 cm³/mol. The van der Waals surface area contributed by atoms with Gasteiger partial charge in [0.2, 0.25) is 0 Å². The van der Waals surface area contributed by atoms with Gasteiger partial charge in [-0.3, -0.25) is 14.3 Å². The normalized spacial score (nSPS) is 17.5. The summed E-state index contributed by atoms with van der Waals surface area (Å²) in [6, 6.07) is 8.92. The summed E-state index contributed by atoms with van der Waals surface area (Å²) < 4.78 is 36.5. The number of fused-ring (bicyclic) bond motifs is 1. The Labute approximate surface area is 207 Å². The molecule has 1 unspecified atom stereocenters. The molecule has 0 saturated carbocycles. The van der Waals surface area contributed by atoms with E-state index in [1.807, 2.05) is 37.8 Å². The number of aryl methyl sites for hydroxylation is 2. The summed E-state index contributed by atoms with van der Waals surface area (Å²) in [7, 11) is 1.64. The number of benzene rings is 1. The van der Waals surface area contributed by atoms with Gasteiger partial charge in [0.25, 0.3) is 5.56 Å². The van der Waals surface area contributed by atoms with Crippen LogP contribution in [0.3, 0.4) is 0 Å². The maximum Gasteiger partial charge on any atom is 0.261 e. The molecule has 4 aromatic rings. The second kappa shape index (κ2) is 8.74. The van der Waals surface area contributed by atoms with Crippen LogP contribution in [-0.4, -0.2) is 38.2 Å². The van der Waals surface area contributed by atoms with E-state index in [2.05, 4.69) is 9.97 Å². The Morgan fingerprint density at radius 3 is 2.58 bits per heavy atom. The lowest BCUT2D eigenvalue weighted by Crippen LogP contribution is -2.50. The van der Waals surface area contributed by atoms with E-state index < -0.39 is 17.2 Å². The van der Waals surface area contributed by atoms with Gasteiger partial charge < -0.3 is 9.64 Å². The van der Waals surface area contributed by atoms with E-state index in [-0.39, 0.29) is 28.4 Å². The van der Waals surface area contributed by atoms with E-state index in [0.717, 1.165) is 17.3 Å². The summed E-state index contributed by atoms with van der Waals surface area (Å²) in [5.74, 6) is -0.502. The Morgan fingerprint density at radius 2 is 1.86 bits per heavy atom. The van der Waals surface area contributed by atoms with Gasteiger partial charge in [-0.1, -0.05) is 0 Å². The van der Waals surface area contributed by atoms with Crippen LogP contribution in [-0.2, 0) is 11.8 Å². The van der Waals surface area contributed by atoms with Gasteiger partial charge in [-0.05, 0) is 63.6 Å². The van der Waals surface area contributed by atoms with Gasteiger partial charge in [-0.2, -0.15) is 0 Å². The molecule has 0 spiro atoms. The topological polar surface area (TPSA) is 73.1 Å². The van der Waals surface area contributed by atoms with Crippen molar-refractivity contribution in [2.75, 3.05) is 18.0 Å². The van der Waals surface area contributed by atoms with Crippen molar-refractivity contribution in [1.29, 1.82) is 0 Å². The third kappa shape index (κ3) is 4.35. The third-order valence-corrected chi connectivity index (χ3v) is 6.50. The summed E-state index contributed by atoms with van der Waals surface area (Å²) in [4.78, 5) is 28.9. The predicted octanol–water partition coefficient (Wildman–Crippen LogP) is 4.64. The van der Waals surface area contributed by atoms with E-state index in [0.29, 0.717) is 30.1 Å². The fraction of sp³-hybridized carbons (Fsp3) is 0.333. The number of anilines is 1. The van der Waals surface area contributed by atoms with E-state index in [9.17, 15) is 13.6 Å². The lowest BCUT2D eigenvalue weighted by atomic mass is 10.0. The fourth-order valence-electron chi connectivity index (χ4n) is 4.70. The van der Waals surface area contributed by atoms with Crippen molar-refractivity contribution in [2.45, 2.75) is 39.4 Å². The van der Waals surface area contributed by atoms with Gasteiger partial charge >= 0.3 is 0 Å². The molecule has 36 heavy (non-hydrogen) atoms. The number of nitrogens with zero attached hydrogens (tertiary/aromatic N) is 5. The molecular formula is C27H27F2N5O2. The van der Waals surface area contributed by atoms with Crippen molar-refractivity contribution in [1.82, 2.24) is 19.5 Å². The van der Waals surface area contributed by atoms with E-state index >= 15 is 0 Å². The quantitative estimate of drug-likeness (QED) is 0.416. The molecule has 1 fully saturated rings. The van der Waals surface area contributed by atoms with Crippen molar-refractivity contribution < 1.29 is 13.5 Å². The van der Waals surface area contributed by atoms with Gasteiger partial charge in [-0.15, -0.1) is 0 Å². The smallest absolute Gasteiger partial charge is 0.261 e. The van der Waals surface area contributed by atoms with Crippen molar-refractivity contribution >= 4 is 16.7 Å². The summed E-state index contributed by atoms with van der Waals surface area (Å²) in [5.41, 5.74) is 1.62. The highest BCUT2D eigenvalue weighted by atomic mass is 19.1. The van der Waals surface area contributed by atoms with E-state index in [1.165, 1.54) is 16.7 Å². The number of hydrogen-bond acceptors (Lipinski definition) is 6. The summed E-state index contributed by atoms with van der Waals surface area (Å²) in [6.45, 7) is 8.57. The molecule has 1 atom stereocenters. The Morgan fingerprint density at radius 1 is 1.08 bits per heavy atom. The molecule has 186 valence electrons. The molecule has 9 heteroatoms. The molecule has 1 aliphatic rings. The standard InChI is InChI=1S/C27H27F2N5O2/c1-15-10-17(8-9-30-15)22-13-34(14-27(3,4)36-22)23-12-20-25(31-16(2)33(5)26(20)35)24(32-23)19-7-6-18(28)11-21(19)29/h6-12,22H,13-14H2,1-5H3. The lowest BCUT2D eigenvalue weighted by Gasteiger charge is -2.43. The molecule has 4 heterocycles. The molecule has 0 radical (unpaired) electrons. The molecule has 1 aliphatic heterocycles. The molecule has 7 nitrogen and oxygen atoms in total.